The van der Waals surface area contributed by atoms with Crippen molar-refractivity contribution in [2.24, 2.45) is 7.05 Å². The zero-order valence-electron chi connectivity index (χ0n) is 15.0. The molecule has 1 amide bonds. The summed E-state index contributed by atoms with van der Waals surface area (Å²) in [5, 5.41) is 7.53. The van der Waals surface area contributed by atoms with Gasteiger partial charge in [-0.05, 0) is 45.2 Å². The van der Waals surface area contributed by atoms with E-state index in [1.54, 1.807) is 0 Å². The molecule has 0 aliphatic carbocycles. The highest BCUT2D eigenvalue weighted by Gasteiger charge is 2.23. The van der Waals surface area contributed by atoms with Crippen molar-refractivity contribution in [3.63, 3.8) is 0 Å². The molecule has 0 aliphatic heterocycles. The number of hydrogen-bond acceptors (Lipinski definition) is 2. The molecule has 0 saturated heterocycles. The Balaban J connectivity index is 2.10. The minimum absolute atomic E-state index is 0.00635. The van der Waals surface area contributed by atoms with E-state index in [0.29, 0.717) is 0 Å². The summed E-state index contributed by atoms with van der Waals surface area (Å²) >= 11 is 0. The van der Waals surface area contributed by atoms with Crippen LogP contribution in [0.25, 0.3) is 0 Å². The van der Waals surface area contributed by atoms with Crippen LogP contribution in [0.3, 0.4) is 0 Å². The Hall–Kier alpha value is -2.10. The molecular weight excluding hydrogens is 286 g/mol. The van der Waals surface area contributed by atoms with E-state index in [9.17, 15) is 4.79 Å². The molecule has 0 aliphatic rings. The van der Waals surface area contributed by atoms with Crippen LogP contribution in [0.15, 0.2) is 24.3 Å². The summed E-state index contributed by atoms with van der Waals surface area (Å²) in [5.74, 6) is -0.169. The maximum absolute atomic E-state index is 12.6. The fourth-order valence-corrected chi connectivity index (χ4v) is 3.01. The monoisotopic (exact) mass is 313 g/mol. The van der Waals surface area contributed by atoms with Crippen LogP contribution in [0.1, 0.15) is 60.8 Å². The number of aryl methyl sites for hydroxylation is 3. The fourth-order valence-electron chi connectivity index (χ4n) is 3.01. The number of carbonyl (C=O) groups is 1. The topological polar surface area (TPSA) is 46.9 Å². The Morgan fingerprint density at radius 2 is 1.83 bits per heavy atom. The third-order valence-corrected chi connectivity index (χ3v) is 4.64. The first-order valence-electron chi connectivity index (χ1n) is 8.24. The molecule has 1 N–H and O–H groups in total. The summed E-state index contributed by atoms with van der Waals surface area (Å²) in [4.78, 5) is 12.6. The lowest BCUT2D eigenvalue weighted by Crippen LogP contribution is -2.31. The van der Waals surface area contributed by atoms with Gasteiger partial charge in [-0.25, -0.2) is 0 Å². The summed E-state index contributed by atoms with van der Waals surface area (Å²) < 4.78 is 1.83. The molecule has 124 valence electrons. The van der Waals surface area contributed by atoms with Crippen molar-refractivity contribution in [2.75, 3.05) is 0 Å². The molecule has 0 unspecified atom stereocenters. The highest BCUT2D eigenvalue weighted by Crippen LogP contribution is 2.24. The van der Waals surface area contributed by atoms with Crippen LogP contribution >= 0.6 is 0 Å². The third kappa shape index (κ3) is 3.63. The Morgan fingerprint density at radius 3 is 2.30 bits per heavy atom. The number of nitrogens with zero attached hydrogens (tertiary/aromatic N) is 2. The first-order chi connectivity index (χ1) is 10.8. The van der Waals surface area contributed by atoms with Crippen molar-refractivity contribution < 1.29 is 4.79 Å². The van der Waals surface area contributed by atoms with Crippen LogP contribution in [0.5, 0.6) is 0 Å². The Morgan fingerprint density at radius 1 is 1.22 bits per heavy atom. The lowest BCUT2D eigenvalue weighted by molar-refractivity contribution is -0.122. The number of rotatable bonds is 5. The zero-order chi connectivity index (χ0) is 17.1. The van der Waals surface area contributed by atoms with Gasteiger partial charge in [0, 0.05) is 18.3 Å². The maximum Gasteiger partial charge on any atom is 0.227 e. The van der Waals surface area contributed by atoms with E-state index < -0.39 is 0 Å². The largest absolute Gasteiger partial charge is 0.349 e. The number of benzene rings is 1. The van der Waals surface area contributed by atoms with Crippen LogP contribution in [0, 0.1) is 13.8 Å². The van der Waals surface area contributed by atoms with Gasteiger partial charge in [0.15, 0.2) is 0 Å². The van der Waals surface area contributed by atoms with E-state index in [4.69, 9.17) is 0 Å². The molecule has 1 aromatic carbocycles. The normalized spacial score (nSPS) is 13.7. The van der Waals surface area contributed by atoms with Gasteiger partial charge in [-0.1, -0.05) is 31.2 Å². The average molecular weight is 313 g/mol. The minimum atomic E-state index is -0.207. The van der Waals surface area contributed by atoms with Crippen LogP contribution in [0.4, 0.5) is 0 Å². The molecule has 4 heteroatoms. The van der Waals surface area contributed by atoms with Gasteiger partial charge in [0.25, 0.3) is 0 Å². The predicted molar refractivity (Wildman–Crippen MR) is 93.5 cm³/mol. The summed E-state index contributed by atoms with van der Waals surface area (Å²) in [6.45, 7) is 10.1. The molecule has 1 aromatic heterocycles. The van der Waals surface area contributed by atoms with Crippen molar-refractivity contribution in [1.29, 1.82) is 0 Å². The minimum Gasteiger partial charge on any atom is -0.349 e. The molecule has 23 heavy (non-hydrogen) atoms. The first kappa shape index (κ1) is 17.3. The van der Waals surface area contributed by atoms with Crippen LogP contribution in [0.2, 0.25) is 0 Å². The SMILES string of the molecule is CCc1ccc([C@@H](C)NC(=O)[C@H](C)c2c(C)nn(C)c2C)cc1. The molecule has 2 aromatic rings. The first-order valence-corrected chi connectivity index (χ1v) is 8.24. The molecule has 0 fully saturated rings. The van der Waals surface area contributed by atoms with Gasteiger partial charge >= 0.3 is 0 Å². The van der Waals surface area contributed by atoms with E-state index in [1.165, 1.54) is 5.56 Å². The van der Waals surface area contributed by atoms with Crippen LogP contribution < -0.4 is 5.32 Å². The van der Waals surface area contributed by atoms with E-state index in [1.807, 2.05) is 39.4 Å². The van der Waals surface area contributed by atoms with Gasteiger partial charge in [-0.3, -0.25) is 9.48 Å². The highest BCUT2D eigenvalue weighted by molar-refractivity contribution is 5.84. The second-order valence-corrected chi connectivity index (χ2v) is 6.26. The zero-order valence-corrected chi connectivity index (χ0v) is 15.0. The van der Waals surface area contributed by atoms with Crippen LogP contribution in [-0.4, -0.2) is 15.7 Å². The highest BCUT2D eigenvalue weighted by atomic mass is 16.1. The summed E-state index contributed by atoms with van der Waals surface area (Å²) in [5.41, 5.74) is 5.43. The number of hydrogen-bond donors (Lipinski definition) is 1. The molecule has 0 saturated carbocycles. The quantitative estimate of drug-likeness (QED) is 0.917. The Bertz CT molecular complexity index is 685. The van der Waals surface area contributed by atoms with E-state index in [2.05, 4.69) is 41.6 Å². The smallest absolute Gasteiger partial charge is 0.227 e. The Labute approximate surface area is 138 Å². The van der Waals surface area contributed by atoms with E-state index in [0.717, 1.165) is 28.9 Å². The molecule has 0 spiro atoms. The molecular formula is C19H27N3O. The summed E-state index contributed by atoms with van der Waals surface area (Å²) in [6, 6.07) is 8.42. The standard InChI is InChI=1S/C19H27N3O/c1-7-16-8-10-17(11-9-16)13(3)20-19(23)12(2)18-14(4)21-22(6)15(18)5/h8-13H,7H2,1-6H3,(H,20,23)/t12-,13-/m1/s1. The number of aromatic nitrogens is 2. The van der Waals surface area contributed by atoms with E-state index in [-0.39, 0.29) is 17.9 Å². The van der Waals surface area contributed by atoms with Crippen molar-refractivity contribution in [3.05, 3.63) is 52.3 Å². The van der Waals surface area contributed by atoms with Gasteiger partial charge in [0.05, 0.1) is 17.7 Å². The second-order valence-electron chi connectivity index (χ2n) is 6.26. The lowest BCUT2D eigenvalue weighted by Gasteiger charge is -2.19. The molecule has 4 nitrogen and oxygen atoms in total. The van der Waals surface area contributed by atoms with Gasteiger partial charge < -0.3 is 5.32 Å². The predicted octanol–water partition coefficient (Wildman–Crippen LogP) is 3.58. The van der Waals surface area contributed by atoms with Gasteiger partial charge in [-0.2, -0.15) is 5.10 Å². The number of nitrogens with one attached hydrogen (secondary N) is 1. The van der Waals surface area contributed by atoms with Crippen molar-refractivity contribution >= 4 is 5.91 Å². The van der Waals surface area contributed by atoms with E-state index >= 15 is 0 Å². The third-order valence-electron chi connectivity index (χ3n) is 4.64. The molecule has 1 heterocycles. The van der Waals surface area contributed by atoms with Gasteiger partial charge in [0.2, 0.25) is 5.91 Å². The summed E-state index contributed by atoms with van der Waals surface area (Å²) in [6.07, 6.45) is 1.03. The van der Waals surface area contributed by atoms with Gasteiger partial charge in [-0.15, -0.1) is 0 Å². The van der Waals surface area contributed by atoms with Crippen molar-refractivity contribution in [2.45, 2.75) is 53.0 Å². The summed E-state index contributed by atoms with van der Waals surface area (Å²) in [7, 11) is 1.91. The number of amides is 1. The van der Waals surface area contributed by atoms with Gasteiger partial charge in [0.1, 0.15) is 0 Å². The maximum atomic E-state index is 12.6. The van der Waals surface area contributed by atoms with Crippen molar-refractivity contribution in [3.8, 4) is 0 Å². The van der Waals surface area contributed by atoms with Crippen LogP contribution in [-0.2, 0) is 18.3 Å². The number of carbonyl (C=O) groups excluding carboxylic acids is 1. The lowest BCUT2D eigenvalue weighted by atomic mass is 9.97. The average Bonchev–Trinajstić information content (AvgIpc) is 2.79. The molecule has 0 bridgehead atoms. The fraction of sp³-hybridized carbons (Fsp3) is 0.474. The second kappa shape index (κ2) is 6.99. The molecule has 2 atom stereocenters. The molecule has 0 radical (unpaired) electrons. The Kier molecular flexibility index (Phi) is 5.24. The van der Waals surface area contributed by atoms with Crippen molar-refractivity contribution in [1.82, 2.24) is 15.1 Å². The molecule has 2 rings (SSSR count).